The summed E-state index contributed by atoms with van der Waals surface area (Å²) in [5.74, 6) is 86.1. The maximum absolute atomic E-state index is 12.6. The van der Waals surface area contributed by atoms with Crippen LogP contribution in [0.25, 0.3) is 0 Å². The van der Waals surface area contributed by atoms with Crippen molar-refractivity contribution in [3.8, 4) is 207 Å². The number of piperidine rings is 3. The van der Waals surface area contributed by atoms with Gasteiger partial charge in [-0.05, 0) is 144 Å². The average molecular weight is 1410 g/mol. The van der Waals surface area contributed by atoms with Gasteiger partial charge in [0.1, 0.15) is 17.3 Å². The molecule has 100 heavy (non-hydrogen) atoms. The molecule has 0 atom stereocenters. The first kappa shape index (κ1) is 83.2. The van der Waals surface area contributed by atoms with Gasteiger partial charge < -0.3 is 16.5 Å². The van der Waals surface area contributed by atoms with Crippen LogP contribution in [0.4, 0.5) is 17.1 Å². The number of nitrogens with zero attached hydrogens (tertiary/aromatic N) is 5. The number of carbonyl (C=O) groups is 2. The number of hydrogen-bond donors (Lipinski definition) is 2. The minimum absolute atomic E-state index is 0. The van der Waals surface area contributed by atoms with E-state index in [4.69, 9.17) is 21.8 Å². The molecule has 7 rings (SSSR count). The van der Waals surface area contributed by atoms with E-state index in [9.17, 15) is 65.2 Å². The largest absolute Gasteiger partial charge is 0.360 e. The number of non-ortho nitro benzene ring substituents is 3. The Bertz CT molecular complexity index is 5140. The van der Waals surface area contributed by atoms with E-state index in [1.54, 1.807) is 0 Å². The van der Waals surface area contributed by atoms with Gasteiger partial charge in [-0.3, -0.25) is 57.1 Å². The van der Waals surface area contributed by atoms with Crippen molar-refractivity contribution >= 4 is 68.4 Å². The van der Waals surface area contributed by atoms with Crippen molar-refractivity contribution in [1.82, 2.24) is 19.2 Å². The summed E-state index contributed by atoms with van der Waals surface area (Å²) in [6.07, 6.45) is 10.6. The van der Waals surface area contributed by atoms with Crippen LogP contribution in [0.5, 0.6) is 0 Å². The Hall–Kier alpha value is -12.9. The van der Waals surface area contributed by atoms with Gasteiger partial charge in [-0.25, -0.2) is 37.1 Å². The molecule has 22 nitrogen and oxygen atoms in total. The standard InChI is InChI=1S/C37H2.C14H19N3O5S.C11H12N2O5S.C6H4ClNO4S.C5H9NO.CH4/c1-3-5-7-9-11-13-15-17-19-21-23-25-27-29-31-33-35-37-36-34-32-30-28-26-24-22-20-18-16-14-12-10-8-6-4-2;18-17(19)12-2-4-13(5-3-12)23(20,21)16-9-6-14(7-10-16)15-8-1-11-22-14;14-10-5-7-12(8-6-10)19(17,18)11-3-1-9(2-4-11)13(15)16;7-13(11,12)6-3-1-5(2-4-6)8(9)10;7-5-1-3-6-4-2-5;/h1H2;2-5,15H,1,6-11H2;1-4H,5-8H2;1-4H;6H,1-4H2;1H4/q-2;;;;;. The number of nitro benzene ring substituents is 3. The maximum atomic E-state index is 12.6. The summed E-state index contributed by atoms with van der Waals surface area (Å²) in [5.41, 5.74) is -0.863. The molecule has 0 amide bonds. The number of halogens is 1. The van der Waals surface area contributed by atoms with Crippen LogP contribution in [0.1, 0.15) is 52.4 Å². The summed E-state index contributed by atoms with van der Waals surface area (Å²) >= 11 is 0. The molecular formula is C74H50ClN7O15S3-2. The summed E-state index contributed by atoms with van der Waals surface area (Å²) in [7, 11) is -6.10. The molecule has 4 fully saturated rings. The normalized spacial score (nSPS) is 12.8. The lowest BCUT2D eigenvalue weighted by atomic mass is 10.0. The van der Waals surface area contributed by atoms with Crippen molar-refractivity contribution in [2.24, 2.45) is 0 Å². The number of nitro groups is 3. The van der Waals surface area contributed by atoms with E-state index in [1.165, 1.54) is 45.0 Å². The Kier molecular flexibility index (Phi) is 39.1. The van der Waals surface area contributed by atoms with Gasteiger partial charge in [-0.1, -0.05) is 7.43 Å². The highest BCUT2D eigenvalue weighted by Gasteiger charge is 2.40. The van der Waals surface area contributed by atoms with Gasteiger partial charge in [0, 0.05) is 202 Å². The number of hydrogen-bond acceptors (Lipinski definition) is 17. The van der Waals surface area contributed by atoms with Crippen LogP contribution >= 0.6 is 10.7 Å². The highest BCUT2D eigenvalue weighted by atomic mass is 35.7. The lowest BCUT2D eigenvalue weighted by Crippen LogP contribution is -2.58. The first-order valence-corrected chi connectivity index (χ1v) is 33.3. The molecule has 0 unspecified atom stereocenters. The van der Waals surface area contributed by atoms with Crippen molar-refractivity contribution in [2.75, 3.05) is 52.4 Å². The van der Waals surface area contributed by atoms with Crippen LogP contribution in [0.3, 0.4) is 0 Å². The molecule has 3 aromatic rings. The van der Waals surface area contributed by atoms with Crippen LogP contribution < -0.4 is 10.6 Å². The number of nitrogens with one attached hydrogen (secondary N) is 2. The zero-order valence-electron chi connectivity index (χ0n) is 51.7. The number of rotatable bonds is 8. The topological polar surface area (TPSA) is 306 Å². The van der Waals surface area contributed by atoms with Crippen molar-refractivity contribution in [1.29, 1.82) is 0 Å². The van der Waals surface area contributed by atoms with Gasteiger partial charge >= 0.3 is 0 Å². The number of benzene rings is 3. The number of ether oxygens (including phenoxy) is 1. The van der Waals surface area contributed by atoms with E-state index in [0.29, 0.717) is 38.3 Å². The predicted molar refractivity (Wildman–Crippen MR) is 373 cm³/mol. The Morgan fingerprint density at radius 3 is 0.970 bits per heavy atom. The minimum Gasteiger partial charge on any atom is -0.360 e. The van der Waals surface area contributed by atoms with Gasteiger partial charge in [0.2, 0.25) is 20.0 Å². The summed E-state index contributed by atoms with van der Waals surface area (Å²) in [6, 6.07) is 14.1. The van der Waals surface area contributed by atoms with E-state index in [1.807, 2.05) is 5.92 Å². The molecule has 3 aromatic carbocycles. The summed E-state index contributed by atoms with van der Waals surface area (Å²) in [6.45, 7) is 7.73. The number of ketones is 2. The third kappa shape index (κ3) is 34.0. The minimum atomic E-state index is -3.80. The van der Waals surface area contributed by atoms with Crippen molar-refractivity contribution in [2.45, 2.75) is 72.8 Å². The first-order valence-electron chi connectivity index (χ1n) is 28.1. The summed E-state index contributed by atoms with van der Waals surface area (Å²) in [4.78, 5) is 51.0. The summed E-state index contributed by atoms with van der Waals surface area (Å²) in [5, 5.41) is 37.8. The molecule has 498 valence electrons. The highest BCUT2D eigenvalue weighted by molar-refractivity contribution is 8.13. The SMILES string of the molecule is C.O=C1CCN(S(=O)(=O)c2ccc([N+](=O)[O-])cc2)CC1.O=C1CCNCC1.O=[N+]([O-])c1ccc(S(=O)(=O)Cl)cc1.O=[N+]([O-])c1ccc(S(=O)(=O)N2CCC3(CC2)NCCCO3)cc1.[C-]#CC#CC#CC#CC#CC#CC#CC#CC#CC#CC#CC#CC#CC#CC#CC#CC#CC#C[CH2-]. The molecule has 0 saturated carbocycles. The van der Waals surface area contributed by atoms with Crippen LogP contribution in [0.2, 0.25) is 0 Å². The molecule has 4 heterocycles. The molecule has 0 aromatic heterocycles. The van der Waals surface area contributed by atoms with E-state index >= 15 is 0 Å². The zero-order chi connectivity index (χ0) is 72.5. The van der Waals surface area contributed by atoms with Crippen LogP contribution in [-0.2, 0) is 43.4 Å². The Balaban J connectivity index is 0.000000460. The third-order valence-corrected chi connectivity index (χ3v) is 17.2. The van der Waals surface area contributed by atoms with Crippen molar-refractivity contribution < 1.29 is 54.3 Å². The van der Waals surface area contributed by atoms with Crippen molar-refractivity contribution in [3.63, 3.8) is 0 Å². The van der Waals surface area contributed by atoms with Crippen molar-refractivity contribution in [3.05, 3.63) is 116 Å². The quantitative estimate of drug-likeness (QED) is 0.102. The second kappa shape index (κ2) is 47.1. The molecule has 4 aliphatic heterocycles. The van der Waals surface area contributed by atoms with Crippen LogP contribution in [0, 0.1) is 251 Å². The fourth-order valence-electron chi connectivity index (χ4n) is 7.35. The second-order valence-electron chi connectivity index (χ2n) is 18.4. The molecule has 26 heteroatoms. The predicted octanol–water partition coefficient (Wildman–Crippen LogP) is 4.60. The molecular weight excluding hydrogens is 1360 g/mol. The average Bonchev–Trinajstić information content (AvgIpc) is 0.784. The highest BCUT2D eigenvalue weighted by Crippen LogP contribution is 2.30. The molecule has 0 aliphatic carbocycles. The second-order valence-corrected chi connectivity index (χ2v) is 24.8. The van der Waals surface area contributed by atoms with Gasteiger partial charge in [0.05, 0.1) is 36.1 Å². The van der Waals surface area contributed by atoms with E-state index < -0.39 is 49.6 Å². The van der Waals surface area contributed by atoms with Gasteiger partial charge in [0.15, 0.2) is 0 Å². The van der Waals surface area contributed by atoms with Gasteiger partial charge in [0.25, 0.3) is 26.1 Å². The number of carbonyl (C=O) groups excluding carboxylic acids is 2. The van der Waals surface area contributed by atoms with Gasteiger partial charge in [-0.2, -0.15) is 15.5 Å². The van der Waals surface area contributed by atoms with E-state index in [0.717, 1.165) is 75.3 Å². The van der Waals surface area contributed by atoms with E-state index in [-0.39, 0.29) is 70.9 Å². The smallest absolute Gasteiger partial charge is 0.269 e. The van der Waals surface area contributed by atoms with Gasteiger partial charge in [-0.15, -0.1) is 11.8 Å². The van der Waals surface area contributed by atoms with E-state index in [2.05, 4.69) is 219 Å². The number of Topliss-reactive ketones (excluding diaryl/α,β-unsaturated/α-hetero) is 2. The number of sulfonamides is 2. The Morgan fingerprint density at radius 2 is 0.720 bits per heavy atom. The fraction of sp³-hybridized carbons (Fsp3) is 0.230. The molecule has 0 radical (unpaired) electrons. The first-order chi connectivity index (χ1) is 47.6. The molecule has 4 saturated heterocycles. The third-order valence-electron chi connectivity index (χ3n) is 12.0. The zero-order valence-corrected chi connectivity index (χ0v) is 54.9. The Labute approximate surface area is 587 Å². The molecule has 4 aliphatic rings. The molecule has 0 bridgehead atoms. The molecule has 2 N–H and O–H groups in total. The van der Waals surface area contributed by atoms with Crippen LogP contribution in [-0.4, -0.2) is 118 Å². The maximum Gasteiger partial charge on any atom is 0.269 e. The summed E-state index contributed by atoms with van der Waals surface area (Å²) < 4.78 is 79.6. The molecule has 1 spiro atoms. The fourth-order valence-corrected chi connectivity index (χ4v) is 11.0. The van der Waals surface area contributed by atoms with Crippen LogP contribution in [0.15, 0.2) is 87.5 Å². The lowest BCUT2D eigenvalue weighted by molar-refractivity contribution is -0.385. The lowest BCUT2D eigenvalue weighted by Gasteiger charge is -2.43. The monoisotopic (exact) mass is 1410 g/mol. The Morgan fingerprint density at radius 1 is 0.440 bits per heavy atom.